The molecular formula is C23H32N8O2. The Morgan fingerprint density at radius 1 is 1.27 bits per heavy atom. The van der Waals surface area contributed by atoms with Crippen molar-refractivity contribution in [2.24, 2.45) is 0 Å². The zero-order valence-electron chi connectivity index (χ0n) is 19.8. The summed E-state index contributed by atoms with van der Waals surface area (Å²) in [5.74, 6) is 1.74. The number of rotatable bonds is 4. The average molecular weight is 453 g/mol. The number of piperidine rings is 1. The number of H-pyrrole nitrogens is 1. The predicted octanol–water partition coefficient (Wildman–Crippen LogP) is 3.78. The van der Waals surface area contributed by atoms with E-state index in [4.69, 9.17) is 10.7 Å². The van der Waals surface area contributed by atoms with Crippen LogP contribution in [0.5, 0.6) is 0 Å². The van der Waals surface area contributed by atoms with E-state index in [1.54, 1.807) is 11.9 Å². The maximum Gasteiger partial charge on any atom is 0.408 e. The number of nitrogen functional groups attached to an aromatic ring is 1. The fourth-order valence-electron chi connectivity index (χ4n) is 4.65. The molecule has 2 atom stereocenters. The minimum atomic E-state index is -0.895. The number of nitrogens with one attached hydrogen (secondary N) is 2. The molecule has 0 radical (unpaired) electrons. The Hall–Kier alpha value is -3.56. The second-order valence-electron chi connectivity index (χ2n) is 9.61. The van der Waals surface area contributed by atoms with Gasteiger partial charge in [0.2, 0.25) is 5.95 Å². The molecule has 0 spiro atoms. The van der Waals surface area contributed by atoms with Crippen LogP contribution in [0.1, 0.15) is 40.5 Å². The third-order valence-electron chi connectivity index (χ3n) is 6.27. The van der Waals surface area contributed by atoms with E-state index in [9.17, 15) is 9.90 Å². The maximum absolute atomic E-state index is 12.1. The van der Waals surface area contributed by atoms with E-state index >= 15 is 0 Å². The molecule has 3 aromatic rings. The van der Waals surface area contributed by atoms with E-state index in [2.05, 4.69) is 32.3 Å². The van der Waals surface area contributed by atoms with Crippen LogP contribution in [0.3, 0.4) is 0 Å². The lowest BCUT2D eigenvalue weighted by Gasteiger charge is -2.46. The second kappa shape index (κ2) is 8.42. The lowest BCUT2D eigenvalue weighted by molar-refractivity contribution is 0.0621. The number of amides is 1. The number of hydrogen-bond donors (Lipinski definition) is 4. The zero-order chi connectivity index (χ0) is 23.9. The van der Waals surface area contributed by atoms with Gasteiger partial charge in [0.05, 0.1) is 17.3 Å². The van der Waals surface area contributed by atoms with Crippen LogP contribution in [0.15, 0.2) is 24.3 Å². The number of fused-ring (bicyclic) bond motifs is 1. The molecule has 1 fully saturated rings. The van der Waals surface area contributed by atoms with Crippen LogP contribution >= 0.6 is 0 Å². The molecule has 176 valence electrons. The Bertz CT molecular complexity index is 1170. The van der Waals surface area contributed by atoms with Gasteiger partial charge in [-0.25, -0.2) is 9.78 Å². The van der Waals surface area contributed by atoms with E-state index in [0.29, 0.717) is 18.3 Å². The smallest absolute Gasteiger partial charge is 0.408 e. The molecule has 5 N–H and O–H groups in total. The number of carboxylic acid groups (broad SMARTS) is 1. The third-order valence-corrected chi connectivity index (χ3v) is 6.27. The van der Waals surface area contributed by atoms with Crippen molar-refractivity contribution in [3.05, 3.63) is 24.3 Å². The van der Waals surface area contributed by atoms with Crippen LogP contribution in [0.4, 0.5) is 22.4 Å². The van der Waals surface area contributed by atoms with E-state index in [-0.39, 0.29) is 12.1 Å². The van der Waals surface area contributed by atoms with Crippen molar-refractivity contribution < 1.29 is 9.90 Å². The van der Waals surface area contributed by atoms with Gasteiger partial charge >= 0.3 is 6.09 Å². The lowest BCUT2D eigenvalue weighted by Crippen LogP contribution is -2.58. The molecule has 1 amide bonds. The van der Waals surface area contributed by atoms with Gasteiger partial charge in [0.25, 0.3) is 0 Å². The first kappa shape index (κ1) is 22.6. The van der Waals surface area contributed by atoms with E-state index in [1.807, 2.05) is 45.0 Å². The van der Waals surface area contributed by atoms with Crippen molar-refractivity contribution in [2.45, 2.75) is 58.2 Å². The summed E-state index contributed by atoms with van der Waals surface area (Å²) in [7, 11) is 1.79. The molecule has 10 nitrogen and oxygen atoms in total. The average Bonchev–Trinajstić information content (AvgIpc) is 3.13. The first-order valence-corrected chi connectivity index (χ1v) is 11.2. The molecule has 2 aromatic heterocycles. The summed E-state index contributed by atoms with van der Waals surface area (Å²) >= 11 is 0. The summed E-state index contributed by atoms with van der Waals surface area (Å²) in [6.07, 6.45) is 0.794. The van der Waals surface area contributed by atoms with Crippen LogP contribution in [-0.2, 0) is 0 Å². The van der Waals surface area contributed by atoms with Gasteiger partial charge < -0.3 is 21.1 Å². The summed E-state index contributed by atoms with van der Waals surface area (Å²) < 4.78 is 0. The van der Waals surface area contributed by atoms with Gasteiger partial charge in [-0.3, -0.25) is 10.00 Å². The highest BCUT2D eigenvalue weighted by molar-refractivity contribution is 5.91. The molecule has 1 aromatic carbocycles. The molecular weight excluding hydrogens is 420 g/mol. The minimum absolute atomic E-state index is 0.125. The van der Waals surface area contributed by atoms with Crippen LogP contribution in [-0.4, -0.2) is 67.5 Å². The van der Waals surface area contributed by atoms with Crippen LogP contribution in [0, 0.1) is 0 Å². The molecule has 1 aliphatic rings. The normalized spacial score (nSPS) is 19.0. The van der Waals surface area contributed by atoms with E-state index < -0.39 is 11.6 Å². The first-order valence-electron chi connectivity index (χ1n) is 11.2. The molecule has 0 unspecified atom stereocenters. The SMILES string of the molecule is CNc1nc(-c2ccc3c(N)n[nH]c3c2)cc(N2C[C@H](N(C(=O)O)C(C)(C)C)CC[C@@H]2C)n1. The van der Waals surface area contributed by atoms with Gasteiger partial charge in [-0.1, -0.05) is 6.07 Å². The second-order valence-corrected chi connectivity index (χ2v) is 9.61. The summed E-state index contributed by atoms with van der Waals surface area (Å²) in [5.41, 5.74) is 7.93. The fraction of sp³-hybridized carbons (Fsp3) is 0.478. The van der Waals surface area contributed by atoms with Crippen molar-refractivity contribution in [3.63, 3.8) is 0 Å². The monoisotopic (exact) mass is 452 g/mol. The molecule has 1 saturated heterocycles. The van der Waals surface area contributed by atoms with Gasteiger partial charge in [-0.15, -0.1) is 0 Å². The van der Waals surface area contributed by atoms with Gasteiger partial charge in [0.15, 0.2) is 5.82 Å². The Morgan fingerprint density at radius 3 is 2.70 bits per heavy atom. The quantitative estimate of drug-likeness (QED) is 0.469. The maximum atomic E-state index is 12.1. The van der Waals surface area contributed by atoms with Gasteiger partial charge in [0, 0.05) is 42.2 Å². The van der Waals surface area contributed by atoms with Gasteiger partial charge in [-0.2, -0.15) is 10.1 Å². The Morgan fingerprint density at radius 2 is 2.03 bits per heavy atom. The standard InChI is InChI=1S/C23H32N8O2/c1-13-6-8-15(31(22(32)33)23(2,3)4)12-30(13)19-11-17(26-21(25-5)27-19)14-7-9-16-18(10-14)28-29-20(16)24/h7,9-11,13,15H,6,8,12H2,1-5H3,(H,32,33)(H3,24,28,29)(H,25,26,27)/t13-,15+/m0/s1. The highest BCUT2D eigenvalue weighted by Gasteiger charge is 2.38. The van der Waals surface area contributed by atoms with E-state index in [0.717, 1.165) is 40.8 Å². The van der Waals surface area contributed by atoms with Crippen molar-refractivity contribution in [2.75, 3.05) is 29.5 Å². The van der Waals surface area contributed by atoms with Crippen LogP contribution < -0.4 is 16.0 Å². The highest BCUT2D eigenvalue weighted by atomic mass is 16.4. The highest BCUT2D eigenvalue weighted by Crippen LogP contribution is 2.32. The fourth-order valence-corrected chi connectivity index (χ4v) is 4.65. The summed E-state index contributed by atoms with van der Waals surface area (Å²) in [4.78, 5) is 25.2. The Balaban J connectivity index is 1.71. The van der Waals surface area contributed by atoms with E-state index in [1.165, 1.54) is 0 Å². The van der Waals surface area contributed by atoms with Crippen LogP contribution in [0.2, 0.25) is 0 Å². The summed E-state index contributed by atoms with van der Waals surface area (Å²) in [6, 6.07) is 7.92. The van der Waals surface area contributed by atoms with Crippen molar-refractivity contribution in [3.8, 4) is 11.3 Å². The number of aromatic nitrogens is 4. The Kier molecular flexibility index (Phi) is 5.77. The van der Waals surface area contributed by atoms with Crippen molar-refractivity contribution in [1.82, 2.24) is 25.1 Å². The topological polar surface area (TPSA) is 136 Å². The minimum Gasteiger partial charge on any atom is -0.465 e. The molecule has 0 aliphatic carbocycles. The Labute approximate surface area is 193 Å². The molecule has 4 rings (SSSR count). The predicted molar refractivity (Wildman–Crippen MR) is 131 cm³/mol. The summed E-state index contributed by atoms with van der Waals surface area (Å²) in [5, 5.41) is 20.8. The lowest BCUT2D eigenvalue weighted by atomic mass is 9.94. The third kappa shape index (κ3) is 4.37. The van der Waals surface area contributed by atoms with Crippen LogP contribution in [0.25, 0.3) is 22.2 Å². The van der Waals surface area contributed by atoms with Crippen molar-refractivity contribution >= 4 is 34.6 Å². The molecule has 33 heavy (non-hydrogen) atoms. The molecule has 10 heteroatoms. The van der Waals surface area contributed by atoms with Gasteiger partial charge in [0.1, 0.15) is 5.82 Å². The largest absolute Gasteiger partial charge is 0.465 e. The molecule has 0 bridgehead atoms. The number of aromatic amines is 1. The number of benzene rings is 1. The number of hydrogen-bond acceptors (Lipinski definition) is 7. The number of anilines is 3. The number of carbonyl (C=O) groups is 1. The number of nitrogens with two attached hydrogens (primary N) is 1. The van der Waals surface area contributed by atoms with Crippen molar-refractivity contribution in [1.29, 1.82) is 0 Å². The molecule has 1 aliphatic heterocycles. The zero-order valence-corrected chi connectivity index (χ0v) is 19.8. The van der Waals surface area contributed by atoms with Gasteiger partial charge in [-0.05, 0) is 52.7 Å². The first-order chi connectivity index (χ1) is 15.6. The number of nitrogens with zero attached hydrogens (tertiary/aromatic N) is 5. The molecule has 0 saturated carbocycles. The summed E-state index contributed by atoms with van der Waals surface area (Å²) in [6.45, 7) is 8.52. The molecule has 3 heterocycles.